The topological polar surface area (TPSA) is 96.5 Å². The number of nitrogens with one attached hydrogen (secondary N) is 2. The normalized spacial score (nSPS) is 12.0. The molecule has 0 aliphatic heterocycles. The predicted molar refractivity (Wildman–Crippen MR) is 89.1 cm³/mol. The summed E-state index contributed by atoms with van der Waals surface area (Å²) < 4.78 is 10.8. The van der Waals surface area contributed by atoms with Gasteiger partial charge in [0.2, 0.25) is 0 Å². The minimum Gasteiger partial charge on any atom is -0.497 e. The van der Waals surface area contributed by atoms with Crippen LogP contribution in [-0.2, 0) is 6.61 Å². The average molecular weight is 333 g/mol. The maximum atomic E-state index is 12.1. The summed E-state index contributed by atoms with van der Waals surface area (Å²) in [4.78, 5) is 12.1. The Labute approximate surface area is 141 Å². The van der Waals surface area contributed by atoms with Crippen molar-refractivity contribution in [1.82, 2.24) is 15.5 Å². The molecular formula is C17H23N3O4. The van der Waals surface area contributed by atoms with E-state index >= 15 is 0 Å². The number of aliphatic hydroxyl groups is 1. The number of hydrogen-bond donors (Lipinski definition) is 3. The molecule has 2 rings (SSSR count). The monoisotopic (exact) mass is 333 g/mol. The molecule has 0 radical (unpaired) electrons. The Morgan fingerprint density at radius 3 is 2.75 bits per heavy atom. The van der Waals surface area contributed by atoms with Crippen molar-refractivity contribution in [3.8, 4) is 11.5 Å². The van der Waals surface area contributed by atoms with Gasteiger partial charge in [-0.15, -0.1) is 0 Å². The Morgan fingerprint density at radius 1 is 1.33 bits per heavy atom. The number of carbonyl (C=O) groups excluding carboxylic acids is 1. The van der Waals surface area contributed by atoms with Gasteiger partial charge >= 0.3 is 0 Å². The Kier molecular flexibility index (Phi) is 6.20. The number of carbonyl (C=O) groups is 1. The molecule has 1 amide bonds. The smallest absolute Gasteiger partial charge is 0.272 e. The number of benzene rings is 1. The van der Waals surface area contributed by atoms with Crippen LogP contribution in [0.5, 0.6) is 11.5 Å². The van der Waals surface area contributed by atoms with E-state index in [9.17, 15) is 9.90 Å². The molecule has 7 nitrogen and oxygen atoms in total. The first-order valence-corrected chi connectivity index (χ1v) is 7.76. The van der Waals surface area contributed by atoms with E-state index in [4.69, 9.17) is 9.47 Å². The van der Waals surface area contributed by atoms with Gasteiger partial charge in [-0.25, -0.2) is 0 Å². The van der Waals surface area contributed by atoms with Crippen molar-refractivity contribution in [3.63, 3.8) is 0 Å². The summed E-state index contributed by atoms with van der Waals surface area (Å²) in [6.07, 6.45) is 0. The van der Waals surface area contributed by atoms with Crippen molar-refractivity contribution in [2.45, 2.75) is 26.5 Å². The molecule has 3 N–H and O–H groups in total. The van der Waals surface area contributed by atoms with Crippen LogP contribution in [0.25, 0.3) is 0 Å². The first-order valence-electron chi connectivity index (χ1n) is 7.76. The second-order valence-electron chi connectivity index (χ2n) is 5.75. The third kappa shape index (κ3) is 4.73. The van der Waals surface area contributed by atoms with Crippen molar-refractivity contribution in [2.75, 3.05) is 13.7 Å². The van der Waals surface area contributed by atoms with E-state index in [2.05, 4.69) is 15.5 Å². The van der Waals surface area contributed by atoms with E-state index in [-0.39, 0.29) is 36.8 Å². The van der Waals surface area contributed by atoms with E-state index in [1.165, 1.54) is 0 Å². The number of ether oxygens (including phenoxy) is 2. The Morgan fingerprint density at radius 2 is 2.08 bits per heavy atom. The van der Waals surface area contributed by atoms with E-state index < -0.39 is 0 Å². The molecule has 0 saturated carbocycles. The summed E-state index contributed by atoms with van der Waals surface area (Å²) in [6, 6.07) is 8.59. The molecule has 0 spiro atoms. The van der Waals surface area contributed by atoms with E-state index in [1.54, 1.807) is 19.2 Å². The first kappa shape index (κ1) is 17.8. The highest BCUT2D eigenvalue weighted by atomic mass is 16.5. The van der Waals surface area contributed by atoms with Crippen LogP contribution in [0.1, 0.15) is 30.0 Å². The van der Waals surface area contributed by atoms with Crippen molar-refractivity contribution in [1.29, 1.82) is 0 Å². The molecule has 2 aromatic rings. The number of aromatic nitrogens is 2. The number of aliphatic hydroxyl groups excluding tert-OH is 1. The van der Waals surface area contributed by atoms with Gasteiger partial charge in [-0.2, -0.15) is 5.10 Å². The van der Waals surface area contributed by atoms with Crippen LogP contribution >= 0.6 is 0 Å². The van der Waals surface area contributed by atoms with Gasteiger partial charge in [0.1, 0.15) is 23.8 Å². The van der Waals surface area contributed by atoms with Crippen LogP contribution in [0, 0.1) is 5.92 Å². The van der Waals surface area contributed by atoms with E-state index in [1.807, 2.05) is 32.0 Å². The summed E-state index contributed by atoms with van der Waals surface area (Å²) in [5.74, 6) is 1.18. The first-order chi connectivity index (χ1) is 11.5. The number of hydrogen-bond acceptors (Lipinski definition) is 5. The molecule has 0 aliphatic carbocycles. The Bertz CT molecular complexity index is 669. The lowest BCUT2D eigenvalue weighted by Gasteiger charge is -2.18. The highest BCUT2D eigenvalue weighted by molar-refractivity contribution is 5.92. The number of rotatable bonds is 8. The molecule has 24 heavy (non-hydrogen) atoms. The van der Waals surface area contributed by atoms with Crippen molar-refractivity contribution >= 4 is 5.91 Å². The molecule has 1 aromatic heterocycles. The van der Waals surface area contributed by atoms with Crippen LogP contribution < -0.4 is 14.8 Å². The average Bonchev–Trinajstić information content (AvgIpc) is 3.06. The number of H-pyrrole nitrogens is 1. The lowest BCUT2D eigenvalue weighted by Crippen LogP contribution is -2.41. The van der Waals surface area contributed by atoms with Gasteiger partial charge in [0.05, 0.1) is 25.5 Å². The lowest BCUT2D eigenvalue weighted by atomic mass is 10.1. The van der Waals surface area contributed by atoms with Gasteiger partial charge in [-0.1, -0.05) is 19.9 Å². The van der Waals surface area contributed by atoms with Crippen LogP contribution in [0.15, 0.2) is 30.3 Å². The van der Waals surface area contributed by atoms with E-state index in [0.29, 0.717) is 17.2 Å². The molecular weight excluding hydrogens is 310 g/mol. The predicted octanol–water partition coefficient (Wildman–Crippen LogP) is 1.74. The molecule has 0 saturated heterocycles. The summed E-state index contributed by atoms with van der Waals surface area (Å²) in [7, 11) is 1.59. The van der Waals surface area contributed by atoms with E-state index in [0.717, 1.165) is 0 Å². The molecule has 7 heteroatoms. The summed E-state index contributed by atoms with van der Waals surface area (Å²) in [5.41, 5.74) is 0.936. The summed E-state index contributed by atoms with van der Waals surface area (Å²) in [6.45, 7) is 4.00. The number of aromatic amines is 1. The Hall–Kier alpha value is -2.54. The quantitative estimate of drug-likeness (QED) is 0.684. The minimum atomic E-state index is -0.327. The fourth-order valence-corrected chi connectivity index (χ4v) is 2.07. The zero-order valence-electron chi connectivity index (χ0n) is 14.1. The molecule has 1 aromatic carbocycles. The Balaban J connectivity index is 1.93. The molecule has 1 atom stereocenters. The molecule has 0 aliphatic rings. The van der Waals surface area contributed by atoms with Crippen LogP contribution in [-0.4, -0.2) is 41.0 Å². The van der Waals surface area contributed by atoms with Gasteiger partial charge in [-0.05, 0) is 24.1 Å². The highest BCUT2D eigenvalue weighted by Crippen LogP contribution is 2.19. The highest BCUT2D eigenvalue weighted by Gasteiger charge is 2.18. The molecule has 130 valence electrons. The SMILES string of the molecule is COc1cccc(OCc2cc(C(=O)N[C@@H](CO)C(C)C)n[nH]2)c1. The van der Waals surface area contributed by atoms with Crippen LogP contribution in [0.2, 0.25) is 0 Å². The fourth-order valence-electron chi connectivity index (χ4n) is 2.07. The minimum absolute atomic E-state index is 0.111. The second kappa shape index (κ2) is 8.35. The van der Waals surface area contributed by atoms with Gasteiger partial charge in [0, 0.05) is 6.07 Å². The van der Waals surface area contributed by atoms with Crippen molar-refractivity contribution < 1.29 is 19.4 Å². The van der Waals surface area contributed by atoms with Gasteiger partial charge in [0.15, 0.2) is 0 Å². The summed E-state index contributed by atoms with van der Waals surface area (Å²) in [5, 5.41) is 18.8. The van der Waals surface area contributed by atoms with Gasteiger partial charge < -0.3 is 19.9 Å². The largest absolute Gasteiger partial charge is 0.497 e. The molecule has 1 heterocycles. The van der Waals surface area contributed by atoms with Crippen LogP contribution in [0.3, 0.4) is 0 Å². The number of methoxy groups -OCH3 is 1. The van der Waals surface area contributed by atoms with Crippen LogP contribution in [0.4, 0.5) is 0 Å². The standard InChI is InChI=1S/C17H23N3O4/c1-11(2)16(9-21)18-17(22)15-7-12(19-20-15)10-24-14-6-4-5-13(8-14)23-3/h4-8,11,16,21H,9-10H2,1-3H3,(H,18,22)(H,19,20)/t16-/m0/s1. The number of nitrogens with zero attached hydrogens (tertiary/aromatic N) is 1. The maximum Gasteiger partial charge on any atom is 0.272 e. The van der Waals surface area contributed by atoms with Crippen molar-refractivity contribution in [3.05, 3.63) is 41.7 Å². The zero-order valence-corrected chi connectivity index (χ0v) is 14.1. The number of amides is 1. The third-order valence-electron chi connectivity index (χ3n) is 3.62. The maximum absolute atomic E-state index is 12.1. The second-order valence-corrected chi connectivity index (χ2v) is 5.75. The molecule has 0 unspecified atom stereocenters. The molecule has 0 bridgehead atoms. The van der Waals surface area contributed by atoms with Gasteiger partial charge in [-0.3, -0.25) is 9.89 Å². The third-order valence-corrected chi connectivity index (χ3v) is 3.62. The summed E-state index contributed by atoms with van der Waals surface area (Å²) >= 11 is 0. The lowest BCUT2D eigenvalue weighted by molar-refractivity contribution is 0.0891. The fraction of sp³-hybridized carbons (Fsp3) is 0.412. The van der Waals surface area contributed by atoms with Gasteiger partial charge in [0.25, 0.3) is 5.91 Å². The van der Waals surface area contributed by atoms with Crippen molar-refractivity contribution in [2.24, 2.45) is 5.92 Å². The zero-order chi connectivity index (χ0) is 17.5. The molecule has 0 fully saturated rings.